The van der Waals surface area contributed by atoms with Crippen LogP contribution >= 0.6 is 34.0 Å². The van der Waals surface area contributed by atoms with Crippen molar-refractivity contribution in [1.82, 2.24) is 9.97 Å². The van der Waals surface area contributed by atoms with Crippen molar-refractivity contribution < 1.29 is 0 Å². The number of benzene rings is 4. The van der Waals surface area contributed by atoms with E-state index < -0.39 is 0 Å². The van der Waals surface area contributed by atoms with Crippen molar-refractivity contribution in [2.45, 2.75) is 52.4 Å². The topological polar surface area (TPSA) is 25.8 Å². The molecule has 0 aliphatic carbocycles. The van der Waals surface area contributed by atoms with Gasteiger partial charge in [-0.1, -0.05) is 125 Å². The van der Waals surface area contributed by atoms with E-state index in [9.17, 15) is 0 Å². The van der Waals surface area contributed by atoms with Gasteiger partial charge in [0.1, 0.15) is 0 Å². The Bertz CT molecular complexity index is 1200. The zero-order valence-corrected chi connectivity index (χ0v) is 25.8. The Kier molecular flexibility index (Phi) is 14.0. The van der Waals surface area contributed by atoms with Gasteiger partial charge in [0.25, 0.3) is 0 Å². The van der Waals surface area contributed by atoms with Crippen LogP contribution in [-0.2, 0) is 0 Å². The fourth-order valence-corrected chi connectivity index (χ4v) is 4.29. The monoisotopic (exact) mass is 632 g/mol. The normalized spacial score (nSPS) is 10.1. The van der Waals surface area contributed by atoms with Crippen molar-refractivity contribution in [3.63, 3.8) is 0 Å². The molecule has 0 fully saturated rings. The van der Waals surface area contributed by atoms with Crippen LogP contribution in [0, 0.1) is 0 Å². The Morgan fingerprint density at radius 2 is 0.658 bits per heavy atom. The van der Waals surface area contributed by atoms with Crippen molar-refractivity contribution in [1.29, 1.82) is 0 Å². The number of hydrogen-bond donors (Lipinski definition) is 0. The van der Waals surface area contributed by atoms with E-state index >= 15 is 0 Å². The second-order valence-corrected chi connectivity index (χ2v) is 9.16. The van der Waals surface area contributed by atoms with Crippen molar-refractivity contribution in [2.75, 3.05) is 0 Å². The minimum Gasteiger partial charge on any atom is -0.248 e. The summed E-state index contributed by atoms with van der Waals surface area (Å²) in [5.41, 5.74) is 4.25. The Hall–Kier alpha value is -2.82. The number of pyridine rings is 2. The van der Waals surface area contributed by atoms with Crippen LogP contribution in [0.15, 0.2) is 109 Å². The van der Waals surface area contributed by atoms with E-state index in [1.807, 2.05) is 72.8 Å². The van der Waals surface area contributed by atoms with Gasteiger partial charge in [0.2, 0.25) is 0 Å². The van der Waals surface area contributed by atoms with E-state index in [-0.39, 0.29) is 34.0 Å². The van der Waals surface area contributed by atoms with Crippen LogP contribution in [0.5, 0.6) is 0 Å². The van der Waals surface area contributed by atoms with Crippen LogP contribution in [0.4, 0.5) is 0 Å². The van der Waals surface area contributed by atoms with E-state index in [0.29, 0.717) is 0 Å². The predicted octanol–water partition coefficient (Wildman–Crippen LogP) is 11.3. The van der Waals surface area contributed by atoms with Gasteiger partial charge in [0, 0.05) is 21.5 Å². The Morgan fingerprint density at radius 3 is 0.921 bits per heavy atom. The van der Waals surface area contributed by atoms with Gasteiger partial charge in [0.15, 0.2) is 0 Å². The molecule has 0 amide bonds. The van der Waals surface area contributed by atoms with Gasteiger partial charge >= 0.3 is 0 Å². The molecule has 0 saturated heterocycles. The lowest BCUT2D eigenvalue weighted by Crippen LogP contribution is -1.80. The van der Waals surface area contributed by atoms with Gasteiger partial charge in [-0.2, -0.15) is 0 Å². The summed E-state index contributed by atoms with van der Waals surface area (Å²) < 4.78 is 0. The third-order valence-electron chi connectivity index (χ3n) is 6.31. The molecular formula is C34H38Br2N2. The molecule has 2 nitrogen and oxygen atoms in total. The van der Waals surface area contributed by atoms with Gasteiger partial charge in [-0.25, -0.2) is 9.97 Å². The van der Waals surface area contributed by atoms with Gasteiger partial charge < -0.3 is 0 Å². The Morgan fingerprint density at radius 1 is 0.395 bits per heavy atom. The van der Waals surface area contributed by atoms with Gasteiger partial charge in [-0.3, -0.25) is 0 Å². The van der Waals surface area contributed by atoms with Crippen molar-refractivity contribution in [2.24, 2.45) is 0 Å². The van der Waals surface area contributed by atoms with Crippen molar-refractivity contribution >= 4 is 77.6 Å². The number of aromatic nitrogens is 2. The van der Waals surface area contributed by atoms with Crippen LogP contribution in [-0.4, -0.2) is 9.97 Å². The highest BCUT2D eigenvalue weighted by molar-refractivity contribution is 8.93. The lowest BCUT2D eigenvalue weighted by Gasteiger charge is -1.99. The number of halogens is 2. The lowest BCUT2D eigenvalue weighted by molar-refractivity contribution is 0.624. The van der Waals surface area contributed by atoms with Crippen LogP contribution in [0.2, 0.25) is 0 Å². The molecule has 0 spiro atoms. The van der Waals surface area contributed by atoms with E-state index in [1.54, 1.807) is 0 Å². The Balaban J connectivity index is 0.000000204. The fraction of sp³-hybridized carbons (Fsp3) is 0.235. The summed E-state index contributed by atoms with van der Waals surface area (Å²) in [7, 11) is 0. The molecule has 6 rings (SSSR count). The number of rotatable bonds is 5. The van der Waals surface area contributed by atoms with E-state index in [2.05, 4.69) is 60.2 Å². The number of fused-ring (bicyclic) bond motifs is 4. The molecule has 0 N–H and O–H groups in total. The second-order valence-electron chi connectivity index (χ2n) is 9.16. The summed E-state index contributed by atoms with van der Waals surface area (Å²) in [5.74, 6) is 0. The summed E-state index contributed by atoms with van der Waals surface area (Å²) in [5, 5.41) is 4.80. The van der Waals surface area contributed by atoms with Gasteiger partial charge in [0.05, 0.1) is 22.1 Å². The standard InChI is InChI=1S/2C13H9N.C8H18.2BrH/c2*1-3-7-12-10(5-1)9-11-6-2-4-8-13(11)14-12;1-3-5-7-8-6-4-2;;/h2*1-9H;3-8H2,1-2H3;2*1H. The average molecular weight is 635 g/mol. The maximum absolute atomic E-state index is 4.58. The first kappa shape index (κ1) is 31.4. The van der Waals surface area contributed by atoms with Gasteiger partial charge in [-0.15, -0.1) is 34.0 Å². The molecule has 0 saturated carbocycles. The largest absolute Gasteiger partial charge is 0.248 e. The number of hydrogen-bond acceptors (Lipinski definition) is 2. The fourth-order valence-electron chi connectivity index (χ4n) is 4.29. The first-order valence-electron chi connectivity index (χ1n) is 13.3. The molecule has 2 heterocycles. The second kappa shape index (κ2) is 16.9. The summed E-state index contributed by atoms with van der Waals surface area (Å²) >= 11 is 0. The summed E-state index contributed by atoms with van der Waals surface area (Å²) in [6.45, 7) is 4.51. The van der Waals surface area contributed by atoms with E-state index in [0.717, 1.165) is 22.1 Å². The molecule has 0 unspecified atom stereocenters. The summed E-state index contributed by atoms with van der Waals surface area (Å²) in [4.78, 5) is 9.16. The molecule has 38 heavy (non-hydrogen) atoms. The van der Waals surface area contributed by atoms with E-state index in [4.69, 9.17) is 0 Å². The molecule has 0 aliphatic rings. The molecule has 0 aliphatic heterocycles. The zero-order chi connectivity index (χ0) is 25.0. The lowest BCUT2D eigenvalue weighted by atomic mass is 10.1. The van der Waals surface area contributed by atoms with Gasteiger partial charge in [-0.05, 0) is 36.4 Å². The number of unbranched alkanes of at least 4 members (excludes halogenated alkanes) is 5. The van der Waals surface area contributed by atoms with E-state index in [1.165, 1.54) is 60.1 Å². The highest BCUT2D eigenvalue weighted by Gasteiger charge is 1.98. The number of nitrogens with zero attached hydrogens (tertiary/aromatic N) is 2. The zero-order valence-electron chi connectivity index (χ0n) is 22.3. The first-order valence-corrected chi connectivity index (χ1v) is 13.3. The minimum absolute atomic E-state index is 0. The molecule has 0 bridgehead atoms. The van der Waals surface area contributed by atoms with Crippen LogP contribution in [0.25, 0.3) is 43.6 Å². The molecule has 0 atom stereocenters. The SMILES string of the molecule is Br.Br.CCCCCCCC.c1ccc2nc3ccccc3cc2c1.c1ccc2nc3ccccc3cc2c1. The highest BCUT2D eigenvalue weighted by Crippen LogP contribution is 2.19. The highest BCUT2D eigenvalue weighted by atomic mass is 79.9. The summed E-state index contributed by atoms with van der Waals surface area (Å²) in [6.07, 6.45) is 8.49. The Labute approximate surface area is 248 Å². The molecular weight excluding hydrogens is 596 g/mol. The van der Waals surface area contributed by atoms with Crippen molar-refractivity contribution in [3.05, 3.63) is 109 Å². The quantitative estimate of drug-likeness (QED) is 0.139. The smallest absolute Gasteiger partial charge is 0.0709 e. The summed E-state index contributed by atoms with van der Waals surface area (Å²) in [6, 6.07) is 37.1. The predicted molar refractivity (Wildman–Crippen MR) is 178 cm³/mol. The van der Waals surface area contributed by atoms with Crippen molar-refractivity contribution in [3.8, 4) is 0 Å². The average Bonchev–Trinajstić information content (AvgIpc) is 2.94. The molecule has 198 valence electrons. The minimum atomic E-state index is 0. The molecule has 2 aromatic heterocycles. The molecule has 4 aromatic carbocycles. The number of para-hydroxylation sites is 4. The third-order valence-corrected chi connectivity index (χ3v) is 6.31. The molecule has 6 aromatic rings. The first-order chi connectivity index (χ1) is 17.8. The molecule has 0 radical (unpaired) electrons. The van der Waals surface area contributed by atoms with Crippen LogP contribution in [0.3, 0.4) is 0 Å². The third kappa shape index (κ3) is 8.89. The van der Waals surface area contributed by atoms with Crippen LogP contribution in [0.1, 0.15) is 52.4 Å². The molecule has 4 heteroatoms. The maximum Gasteiger partial charge on any atom is 0.0709 e. The van der Waals surface area contributed by atoms with Crippen LogP contribution < -0.4 is 0 Å². The maximum atomic E-state index is 4.58.